The van der Waals surface area contributed by atoms with Crippen LogP contribution in [0.1, 0.15) is 0 Å². The lowest BCUT2D eigenvalue weighted by Gasteiger charge is -2.17. The quantitative estimate of drug-likeness (QED) is 0.140. The lowest BCUT2D eigenvalue weighted by atomic mass is 9.86. The molecule has 0 amide bonds. The van der Waals surface area contributed by atoms with Gasteiger partial charge in [-0.1, -0.05) is 261 Å². The van der Waals surface area contributed by atoms with E-state index in [0.29, 0.717) is 0 Å². The first kappa shape index (κ1) is 42.6. The molecule has 0 heteroatoms. The van der Waals surface area contributed by atoms with Crippen LogP contribution in [0.2, 0.25) is 0 Å². The molecule has 0 aliphatic rings. The molecule has 0 N–H and O–H groups in total. The van der Waals surface area contributed by atoms with Gasteiger partial charge in [-0.2, -0.15) is 0 Å². The minimum atomic E-state index is 1.19. The topological polar surface area (TPSA) is 0 Å². The Morgan fingerprint density at radius 2 is 0.421 bits per heavy atom. The number of benzene rings is 16. The molecule has 0 aliphatic heterocycles. The second-order valence-corrected chi connectivity index (χ2v) is 20.7. The predicted octanol–water partition coefficient (Wildman–Crippen LogP) is 21.5. The Balaban J connectivity index is 0.767. The Kier molecular flexibility index (Phi) is 9.44. The molecule has 76 heavy (non-hydrogen) atoms. The van der Waals surface area contributed by atoms with Gasteiger partial charge in [0.05, 0.1) is 0 Å². The maximum Gasteiger partial charge on any atom is -0.00203 e. The standard InChI is InChI=1S/C76H46/c1-2-10-47(11-3-1)58-44-59(48-20-24-52(25-21-48)63-36-28-54-34-42-71-67(38-30-56-32-40-69(63)73(54)75(56)71)65-18-8-14-50-12-4-6-16-61(50)65)46-60(45-58)49-22-26-53(27-23-49)64-37-29-55-35-43-72-68(39-31-57-33-41-70(64)74(55)76(57)72)66-19-9-15-51-13-5-7-17-62(51)66/h1-46H. The third-order valence-electron chi connectivity index (χ3n) is 16.6. The van der Waals surface area contributed by atoms with E-state index in [0.717, 1.165) is 0 Å². The Bertz CT molecular complexity index is 4640. The van der Waals surface area contributed by atoms with E-state index in [1.165, 1.54) is 164 Å². The first-order chi connectivity index (χ1) is 37.7. The lowest BCUT2D eigenvalue weighted by Crippen LogP contribution is -1.90. The minimum absolute atomic E-state index is 1.19. The number of rotatable bonds is 7. The van der Waals surface area contributed by atoms with E-state index in [1.807, 2.05) is 0 Å². The van der Waals surface area contributed by atoms with Gasteiger partial charge in [0.1, 0.15) is 0 Å². The average molecular weight is 959 g/mol. The monoisotopic (exact) mass is 958 g/mol. The molecular formula is C76H46. The molecule has 0 unspecified atom stereocenters. The molecule has 0 aromatic heterocycles. The van der Waals surface area contributed by atoms with E-state index >= 15 is 0 Å². The number of fused-ring (bicyclic) bond motifs is 2. The molecule has 350 valence electrons. The second-order valence-electron chi connectivity index (χ2n) is 20.7. The van der Waals surface area contributed by atoms with Crippen LogP contribution in [0.25, 0.3) is 164 Å². The van der Waals surface area contributed by atoms with Crippen molar-refractivity contribution in [1.82, 2.24) is 0 Å². The van der Waals surface area contributed by atoms with Gasteiger partial charge in [0, 0.05) is 0 Å². The normalized spacial score (nSPS) is 11.9. The number of hydrogen-bond donors (Lipinski definition) is 0. The summed E-state index contributed by atoms with van der Waals surface area (Å²) in [6.07, 6.45) is 0. The van der Waals surface area contributed by atoms with E-state index in [-0.39, 0.29) is 0 Å². The maximum absolute atomic E-state index is 2.36. The molecule has 0 aliphatic carbocycles. The minimum Gasteiger partial charge on any atom is -0.0622 e. The van der Waals surface area contributed by atoms with Gasteiger partial charge in [-0.25, -0.2) is 0 Å². The van der Waals surface area contributed by atoms with Crippen molar-refractivity contribution in [2.75, 3.05) is 0 Å². The van der Waals surface area contributed by atoms with Crippen LogP contribution in [-0.2, 0) is 0 Å². The highest BCUT2D eigenvalue weighted by Crippen LogP contribution is 2.46. The molecule has 0 fully saturated rings. The molecule has 0 saturated heterocycles. The molecule has 16 aromatic carbocycles. The zero-order chi connectivity index (χ0) is 49.8. The van der Waals surface area contributed by atoms with Gasteiger partial charge in [0.2, 0.25) is 0 Å². The van der Waals surface area contributed by atoms with Crippen LogP contribution < -0.4 is 0 Å². The van der Waals surface area contributed by atoms with Crippen LogP contribution in [-0.4, -0.2) is 0 Å². The summed E-state index contributed by atoms with van der Waals surface area (Å²) in [7, 11) is 0. The maximum atomic E-state index is 2.36. The van der Waals surface area contributed by atoms with Gasteiger partial charge < -0.3 is 0 Å². The van der Waals surface area contributed by atoms with Crippen molar-refractivity contribution >= 4 is 86.2 Å². The van der Waals surface area contributed by atoms with E-state index in [1.54, 1.807) is 0 Å². The molecule has 0 heterocycles. The summed E-state index contributed by atoms with van der Waals surface area (Å²) in [6.45, 7) is 0. The Morgan fingerprint density at radius 3 is 0.829 bits per heavy atom. The average Bonchev–Trinajstić information content (AvgIpc) is 3.60. The van der Waals surface area contributed by atoms with Gasteiger partial charge in [-0.15, -0.1) is 0 Å². The first-order valence-corrected chi connectivity index (χ1v) is 26.5. The SMILES string of the molecule is c1ccc(-c2cc(-c3ccc(-c4ccc5ccc6c(-c7cccc8ccccc78)ccc7ccc4c5c76)cc3)cc(-c3ccc(-c4ccc5ccc6c(-c7cccc8ccccc78)ccc7ccc4c5c76)cc3)c2)cc1. The highest BCUT2D eigenvalue weighted by atomic mass is 14.2. The smallest absolute Gasteiger partial charge is 0.00203 e. The van der Waals surface area contributed by atoms with Crippen molar-refractivity contribution in [2.24, 2.45) is 0 Å². The molecule has 0 atom stereocenters. The van der Waals surface area contributed by atoms with Crippen LogP contribution >= 0.6 is 0 Å². The third-order valence-corrected chi connectivity index (χ3v) is 16.6. The van der Waals surface area contributed by atoms with Crippen molar-refractivity contribution in [1.29, 1.82) is 0 Å². The molecular weight excluding hydrogens is 913 g/mol. The van der Waals surface area contributed by atoms with Gasteiger partial charge in [-0.3, -0.25) is 0 Å². The summed E-state index contributed by atoms with van der Waals surface area (Å²) in [5.41, 5.74) is 17.2. The predicted molar refractivity (Wildman–Crippen MR) is 327 cm³/mol. The van der Waals surface area contributed by atoms with Crippen LogP contribution in [0, 0.1) is 0 Å². The Labute approximate surface area is 440 Å². The summed E-state index contributed by atoms with van der Waals surface area (Å²) in [4.78, 5) is 0. The summed E-state index contributed by atoms with van der Waals surface area (Å²) in [5, 5.41) is 20.6. The zero-order valence-corrected chi connectivity index (χ0v) is 41.6. The molecule has 0 spiro atoms. The fraction of sp³-hybridized carbons (Fsp3) is 0. The first-order valence-electron chi connectivity index (χ1n) is 26.5. The fourth-order valence-electron chi connectivity index (χ4n) is 12.9. The van der Waals surface area contributed by atoms with Crippen LogP contribution in [0.3, 0.4) is 0 Å². The summed E-state index contributed by atoms with van der Waals surface area (Å²) in [6, 6.07) is 104. The van der Waals surface area contributed by atoms with Crippen molar-refractivity contribution in [3.8, 4) is 77.9 Å². The van der Waals surface area contributed by atoms with Crippen molar-refractivity contribution < 1.29 is 0 Å². The third kappa shape index (κ3) is 6.64. The zero-order valence-electron chi connectivity index (χ0n) is 41.6. The molecule has 0 nitrogen and oxygen atoms in total. The van der Waals surface area contributed by atoms with E-state index in [2.05, 4.69) is 279 Å². The second kappa shape index (κ2) is 16.8. The largest absolute Gasteiger partial charge is 0.0622 e. The van der Waals surface area contributed by atoms with E-state index in [9.17, 15) is 0 Å². The fourth-order valence-corrected chi connectivity index (χ4v) is 12.9. The van der Waals surface area contributed by atoms with Crippen molar-refractivity contribution in [3.05, 3.63) is 279 Å². The molecule has 0 radical (unpaired) electrons. The van der Waals surface area contributed by atoms with Crippen molar-refractivity contribution in [2.45, 2.75) is 0 Å². The highest BCUT2D eigenvalue weighted by Gasteiger charge is 2.19. The van der Waals surface area contributed by atoms with Crippen LogP contribution in [0.5, 0.6) is 0 Å². The Hall–Kier alpha value is -9.88. The van der Waals surface area contributed by atoms with Crippen molar-refractivity contribution in [3.63, 3.8) is 0 Å². The van der Waals surface area contributed by atoms with Gasteiger partial charge in [0.15, 0.2) is 0 Å². The lowest BCUT2D eigenvalue weighted by molar-refractivity contribution is 1.56. The molecule has 0 bridgehead atoms. The van der Waals surface area contributed by atoms with E-state index < -0.39 is 0 Å². The van der Waals surface area contributed by atoms with Crippen LogP contribution in [0.4, 0.5) is 0 Å². The van der Waals surface area contributed by atoms with Gasteiger partial charge >= 0.3 is 0 Å². The van der Waals surface area contributed by atoms with E-state index in [4.69, 9.17) is 0 Å². The van der Waals surface area contributed by atoms with Crippen LogP contribution in [0.15, 0.2) is 279 Å². The number of hydrogen-bond acceptors (Lipinski definition) is 0. The van der Waals surface area contributed by atoms with Gasteiger partial charge in [-0.05, 0) is 182 Å². The van der Waals surface area contributed by atoms with Gasteiger partial charge in [0.25, 0.3) is 0 Å². The molecule has 16 rings (SSSR count). The summed E-state index contributed by atoms with van der Waals surface area (Å²) < 4.78 is 0. The molecule has 0 saturated carbocycles. The summed E-state index contributed by atoms with van der Waals surface area (Å²) >= 11 is 0. The Morgan fingerprint density at radius 1 is 0.132 bits per heavy atom. The highest BCUT2D eigenvalue weighted by molar-refractivity contribution is 6.29. The summed E-state index contributed by atoms with van der Waals surface area (Å²) in [5.74, 6) is 0. The molecule has 16 aromatic rings.